The number of benzene rings is 1. The highest BCUT2D eigenvalue weighted by Gasteiger charge is 2.11. The number of hydrogen-bond donors (Lipinski definition) is 1. The number of amides is 1. The summed E-state index contributed by atoms with van der Waals surface area (Å²) in [6.07, 6.45) is 3.79. The molecule has 0 unspecified atom stereocenters. The smallest absolute Gasteiger partial charge is 0.255 e. The number of anilines is 2. The zero-order valence-corrected chi connectivity index (χ0v) is 15.3. The first kappa shape index (κ1) is 18.8. The standard InChI is InChI=1S/C20H27N3O2/c1-4-13-23(14-5-2)19-15-16(11-12-21-19)20(24)22-17-7-9-18(10-8-17)25-6-3/h7-12,15H,4-6,13-14H2,1-3H3,(H,22,24). The molecule has 1 aromatic heterocycles. The summed E-state index contributed by atoms with van der Waals surface area (Å²) in [5.74, 6) is 1.50. The van der Waals surface area contributed by atoms with Gasteiger partial charge in [0.15, 0.2) is 0 Å². The molecule has 5 heteroatoms. The maximum absolute atomic E-state index is 12.5. The van der Waals surface area contributed by atoms with E-state index in [-0.39, 0.29) is 5.91 Å². The molecule has 0 aliphatic carbocycles. The molecule has 1 N–H and O–H groups in total. The van der Waals surface area contributed by atoms with Gasteiger partial charge in [-0.1, -0.05) is 13.8 Å². The Bertz CT molecular complexity index is 665. The van der Waals surface area contributed by atoms with Crippen LogP contribution in [0.5, 0.6) is 5.75 Å². The Labute approximate surface area is 150 Å². The number of carbonyl (C=O) groups excluding carboxylic acids is 1. The van der Waals surface area contributed by atoms with Gasteiger partial charge in [-0.3, -0.25) is 4.79 Å². The van der Waals surface area contributed by atoms with Crippen LogP contribution >= 0.6 is 0 Å². The van der Waals surface area contributed by atoms with Crippen molar-refractivity contribution in [2.45, 2.75) is 33.6 Å². The third-order valence-electron chi connectivity index (χ3n) is 3.74. The molecule has 0 aliphatic rings. The molecule has 134 valence electrons. The zero-order chi connectivity index (χ0) is 18.1. The summed E-state index contributed by atoms with van der Waals surface area (Å²) in [4.78, 5) is 19.2. The van der Waals surface area contributed by atoms with Crippen molar-refractivity contribution in [2.75, 3.05) is 29.9 Å². The van der Waals surface area contributed by atoms with Crippen molar-refractivity contribution >= 4 is 17.4 Å². The van der Waals surface area contributed by atoms with Crippen LogP contribution in [0.25, 0.3) is 0 Å². The fourth-order valence-electron chi connectivity index (χ4n) is 2.62. The number of aromatic nitrogens is 1. The Morgan fingerprint density at radius 1 is 1.08 bits per heavy atom. The van der Waals surface area contributed by atoms with Gasteiger partial charge in [-0.25, -0.2) is 4.98 Å². The van der Waals surface area contributed by atoms with Gasteiger partial charge in [0.25, 0.3) is 5.91 Å². The average molecular weight is 341 g/mol. The molecule has 2 rings (SSSR count). The molecule has 5 nitrogen and oxygen atoms in total. The van der Waals surface area contributed by atoms with E-state index in [1.807, 2.05) is 37.3 Å². The number of ether oxygens (including phenoxy) is 1. The fourth-order valence-corrected chi connectivity index (χ4v) is 2.62. The Morgan fingerprint density at radius 2 is 1.76 bits per heavy atom. The second-order valence-corrected chi connectivity index (χ2v) is 5.80. The number of pyridine rings is 1. The number of nitrogens with one attached hydrogen (secondary N) is 1. The van der Waals surface area contributed by atoms with Crippen LogP contribution in [0.1, 0.15) is 44.0 Å². The molecule has 0 spiro atoms. The van der Waals surface area contributed by atoms with Crippen LogP contribution < -0.4 is 15.0 Å². The second-order valence-electron chi connectivity index (χ2n) is 5.80. The second kappa shape index (κ2) is 9.67. The minimum atomic E-state index is -0.138. The molecule has 0 aliphatic heterocycles. The molecular formula is C20H27N3O2. The van der Waals surface area contributed by atoms with E-state index in [2.05, 4.69) is 29.0 Å². The van der Waals surface area contributed by atoms with Crippen molar-refractivity contribution in [2.24, 2.45) is 0 Å². The highest BCUT2D eigenvalue weighted by Crippen LogP contribution is 2.18. The molecular weight excluding hydrogens is 314 g/mol. The summed E-state index contributed by atoms with van der Waals surface area (Å²) < 4.78 is 5.41. The number of carbonyl (C=O) groups is 1. The molecule has 2 aromatic rings. The zero-order valence-electron chi connectivity index (χ0n) is 15.3. The van der Waals surface area contributed by atoms with Gasteiger partial charge in [-0.05, 0) is 56.2 Å². The lowest BCUT2D eigenvalue weighted by atomic mass is 10.2. The van der Waals surface area contributed by atoms with Crippen molar-refractivity contribution in [3.05, 3.63) is 48.2 Å². The highest BCUT2D eigenvalue weighted by molar-refractivity contribution is 6.04. The summed E-state index contributed by atoms with van der Waals surface area (Å²) in [5.41, 5.74) is 1.35. The Balaban J connectivity index is 2.09. The van der Waals surface area contributed by atoms with Gasteiger partial charge in [0, 0.05) is 30.5 Å². The van der Waals surface area contributed by atoms with Gasteiger partial charge in [0.1, 0.15) is 11.6 Å². The van der Waals surface area contributed by atoms with Crippen LogP contribution in [-0.2, 0) is 0 Å². The minimum Gasteiger partial charge on any atom is -0.494 e. The summed E-state index contributed by atoms with van der Waals surface area (Å²) in [5, 5.41) is 2.92. The van der Waals surface area contributed by atoms with E-state index in [1.165, 1.54) is 0 Å². The van der Waals surface area contributed by atoms with Crippen molar-refractivity contribution < 1.29 is 9.53 Å². The fraction of sp³-hybridized carbons (Fsp3) is 0.400. The molecule has 0 radical (unpaired) electrons. The van der Waals surface area contributed by atoms with Gasteiger partial charge < -0.3 is 15.0 Å². The van der Waals surface area contributed by atoms with Gasteiger partial charge >= 0.3 is 0 Å². The van der Waals surface area contributed by atoms with Gasteiger partial charge in [-0.15, -0.1) is 0 Å². The van der Waals surface area contributed by atoms with E-state index in [1.54, 1.807) is 12.3 Å². The predicted octanol–water partition coefficient (Wildman–Crippen LogP) is 4.36. The minimum absolute atomic E-state index is 0.138. The van der Waals surface area contributed by atoms with Crippen LogP contribution in [-0.4, -0.2) is 30.6 Å². The average Bonchev–Trinajstić information content (AvgIpc) is 2.63. The van der Waals surface area contributed by atoms with Gasteiger partial charge in [0.05, 0.1) is 6.61 Å². The quantitative estimate of drug-likeness (QED) is 0.736. The van der Waals surface area contributed by atoms with Crippen LogP contribution in [0.2, 0.25) is 0 Å². The van der Waals surface area contributed by atoms with E-state index in [9.17, 15) is 4.79 Å². The molecule has 1 heterocycles. The van der Waals surface area contributed by atoms with Crippen molar-refractivity contribution in [1.82, 2.24) is 4.98 Å². The third kappa shape index (κ3) is 5.48. The topological polar surface area (TPSA) is 54.5 Å². The third-order valence-corrected chi connectivity index (χ3v) is 3.74. The molecule has 1 amide bonds. The maximum Gasteiger partial charge on any atom is 0.255 e. The van der Waals surface area contributed by atoms with E-state index in [0.29, 0.717) is 12.2 Å². The molecule has 0 fully saturated rings. The predicted molar refractivity (Wildman–Crippen MR) is 103 cm³/mol. The van der Waals surface area contributed by atoms with Crippen LogP contribution in [0.3, 0.4) is 0 Å². The van der Waals surface area contributed by atoms with E-state index in [4.69, 9.17) is 4.74 Å². The van der Waals surface area contributed by atoms with E-state index >= 15 is 0 Å². The van der Waals surface area contributed by atoms with Crippen LogP contribution in [0.4, 0.5) is 11.5 Å². The normalized spacial score (nSPS) is 10.4. The monoisotopic (exact) mass is 341 g/mol. The summed E-state index contributed by atoms with van der Waals surface area (Å²) >= 11 is 0. The lowest BCUT2D eigenvalue weighted by molar-refractivity contribution is 0.102. The van der Waals surface area contributed by atoms with Crippen molar-refractivity contribution in [3.63, 3.8) is 0 Å². The number of rotatable bonds is 9. The molecule has 0 atom stereocenters. The number of hydrogen-bond acceptors (Lipinski definition) is 4. The highest BCUT2D eigenvalue weighted by atomic mass is 16.5. The van der Waals surface area contributed by atoms with E-state index < -0.39 is 0 Å². The molecule has 25 heavy (non-hydrogen) atoms. The first-order valence-corrected chi connectivity index (χ1v) is 8.93. The molecule has 0 saturated carbocycles. The summed E-state index contributed by atoms with van der Waals surface area (Å²) in [7, 11) is 0. The molecule has 1 aromatic carbocycles. The summed E-state index contributed by atoms with van der Waals surface area (Å²) in [6.45, 7) is 8.72. The first-order valence-electron chi connectivity index (χ1n) is 8.93. The van der Waals surface area contributed by atoms with Crippen molar-refractivity contribution in [3.8, 4) is 5.75 Å². The van der Waals surface area contributed by atoms with Crippen LogP contribution in [0, 0.1) is 0 Å². The lowest BCUT2D eigenvalue weighted by Crippen LogP contribution is -2.26. The lowest BCUT2D eigenvalue weighted by Gasteiger charge is -2.22. The molecule has 0 bridgehead atoms. The van der Waals surface area contributed by atoms with Crippen molar-refractivity contribution in [1.29, 1.82) is 0 Å². The first-order chi connectivity index (χ1) is 12.2. The maximum atomic E-state index is 12.5. The van der Waals surface area contributed by atoms with Crippen LogP contribution in [0.15, 0.2) is 42.6 Å². The number of nitrogens with zero attached hydrogens (tertiary/aromatic N) is 2. The van der Waals surface area contributed by atoms with Gasteiger partial charge in [-0.2, -0.15) is 0 Å². The molecule has 0 saturated heterocycles. The Kier molecular flexibility index (Phi) is 7.26. The SMILES string of the molecule is CCCN(CCC)c1cc(C(=O)Nc2ccc(OCC)cc2)ccn1. The Morgan fingerprint density at radius 3 is 2.36 bits per heavy atom. The Hall–Kier alpha value is -2.56. The van der Waals surface area contributed by atoms with E-state index in [0.717, 1.165) is 43.2 Å². The summed E-state index contributed by atoms with van der Waals surface area (Å²) in [6, 6.07) is 11.0. The van der Waals surface area contributed by atoms with Gasteiger partial charge in [0.2, 0.25) is 0 Å². The largest absolute Gasteiger partial charge is 0.494 e.